The first-order chi connectivity index (χ1) is 20.3. The van der Waals surface area contributed by atoms with Gasteiger partial charge in [-0.2, -0.15) is 0 Å². The summed E-state index contributed by atoms with van der Waals surface area (Å²) in [6, 6.07) is 59.3. The van der Waals surface area contributed by atoms with E-state index in [-0.39, 0.29) is 0 Å². The summed E-state index contributed by atoms with van der Waals surface area (Å²) in [7, 11) is 0. The zero-order valence-electron chi connectivity index (χ0n) is 22.5. The Morgan fingerprint density at radius 3 is 1.76 bits per heavy atom. The minimum absolute atomic E-state index is 1.13. The maximum Gasteiger partial charge on any atom is 0.0540 e. The van der Waals surface area contributed by atoms with Crippen molar-refractivity contribution in [1.29, 1.82) is 0 Å². The van der Waals surface area contributed by atoms with E-state index in [9.17, 15) is 0 Å². The van der Waals surface area contributed by atoms with Crippen LogP contribution in [0.5, 0.6) is 0 Å². The van der Waals surface area contributed by atoms with Gasteiger partial charge in [0.2, 0.25) is 0 Å². The van der Waals surface area contributed by atoms with Crippen LogP contribution in [0.1, 0.15) is 0 Å². The number of hydrogen-bond acceptors (Lipinski definition) is 1. The lowest BCUT2D eigenvalue weighted by atomic mass is 9.95. The van der Waals surface area contributed by atoms with Crippen LogP contribution in [0.15, 0.2) is 164 Å². The van der Waals surface area contributed by atoms with E-state index in [1.807, 2.05) is 0 Å². The predicted molar refractivity (Wildman–Crippen MR) is 177 cm³/mol. The highest BCUT2D eigenvalue weighted by atomic mass is 15.1. The Hall–Kier alpha value is -5.40. The highest BCUT2D eigenvalue weighted by molar-refractivity contribution is 6.19. The lowest BCUT2D eigenvalue weighted by Gasteiger charge is -2.27. The molecule has 192 valence electrons. The fraction of sp³-hybridized carbons (Fsp3) is 0. The standard InChI is InChI=1S/C40H27N/c1-2-15-31(16-3-1)41(32-17-8-14-30(27-32)35-20-9-13-28-11-4-6-18-33(28)35)40-22-10-21-36-38-24-23-29-12-5-7-19-34(29)37(38)25-26-39(36)40/h1-27H. The van der Waals surface area contributed by atoms with Gasteiger partial charge in [-0.05, 0) is 79.2 Å². The third kappa shape index (κ3) is 3.94. The van der Waals surface area contributed by atoms with Crippen molar-refractivity contribution in [2.45, 2.75) is 0 Å². The normalized spacial score (nSPS) is 11.4. The number of fused-ring (bicyclic) bond motifs is 6. The van der Waals surface area contributed by atoms with E-state index in [2.05, 4.69) is 169 Å². The van der Waals surface area contributed by atoms with Crippen molar-refractivity contribution in [3.05, 3.63) is 164 Å². The lowest BCUT2D eigenvalue weighted by molar-refractivity contribution is 1.30. The first kappa shape index (κ1) is 23.5. The van der Waals surface area contributed by atoms with Crippen LogP contribution in [-0.2, 0) is 0 Å². The highest BCUT2D eigenvalue weighted by Crippen LogP contribution is 2.42. The van der Waals surface area contributed by atoms with Gasteiger partial charge in [0.25, 0.3) is 0 Å². The Bertz CT molecular complexity index is 2210. The number of hydrogen-bond donors (Lipinski definition) is 0. The van der Waals surface area contributed by atoms with E-state index in [1.54, 1.807) is 0 Å². The average Bonchev–Trinajstić information content (AvgIpc) is 3.05. The fourth-order valence-corrected chi connectivity index (χ4v) is 6.33. The Morgan fingerprint density at radius 1 is 0.317 bits per heavy atom. The van der Waals surface area contributed by atoms with Gasteiger partial charge >= 0.3 is 0 Å². The van der Waals surface area contributed by atoms with E-state index in [4.69, 9.17) is 0 Å². The Labute approximate surface area is 239 Å². The second kappa shape index (κ2) is 9.66. The zero-order valence-corrected chi connectivity index (χ0v) is 22.5. The molecule has 0 aliphatic heterocycles. The molecule has 0 atom stereocenters. The minimum Gasteiger partial charge on any atom is -0.310 e. The number of para-hydroxylation sites is 1. The number of rotatable bonds is 4. The molecule has 8 aromatic rings. The van der Waals surface area contributed by atoms with Crippen molar-refractivity contribution in [2.75, 3.05) is 4.90 Å². The molecule has 0 spiro atoms. The summed E-state index contributed by atoms with van der Waals surface area (Å²) >= 11 is 0. The summed E-state index contributed by atoms with van der Waals surface area (Å²) in [4.78, 5) is 2.39. The first-order valence-electron chi connectivity index (χ1n) is 14.1. The Morgan fingerprint density at radius 2 is 0.878 bits per heavy atom. The van der Waals surface area contributed by atoms with Gasteiger partial charge in [0.15, 0.2) is 0 Å². The van der Waals surface area contributed by atoms with Crippen molar-refractivity contribution in [2.24, 2.45) is 0 Å². The Balaban J connectivity index is 1.36. The van der Waals surface area contributed by atoms with E-state index < -0.39 is 0 Å². The molecule has 0 radical (unpaired) electrons. The van der Waals surface area contributed by atoms with Gasteiger partial charge in [-0.15, -0.1) is 0 Å². The van der Waals surface area contributed by atoms with Crippen LogP contribution >= 0.6 is 0 Å². The summed E-state index contributed by atoms with van der Waals surface area (Å²) in [6.07, 6.45) is 0. The number of anilines is 3. The third-order valence-corrected chi connectivity index (χ3v) is 8.22. The van der Waals surface area contributed by atoms with Crippen molar-refractivity contribution >= 4 is 60.2 Å². The van der Waals surface area contributed by atoms with Crippen LogP contribution in [-0.4, -0.2) is 0 Å². The number of benzene rings is 8. The first-order valence-corrected chi connectivity index (χ1v) is 14.1. The number of nitrogens with zero attached hydrogens (tertiary/aromatic N) is 1. The minimum atomic E-state index is 1.13. The molecule has 0 amide bonds. The summed E-state index contributed by atoms with van der Waals surface area (Å²) in [6.45, 7) is 0. The molecule has 41 heavy (non-hydrogen) atoms. The van der Waals surface area contributed by atoms with Gasteiger partial charge in [0, 0.05) is 16.8 Å². The van der Waals surface area contributed by atoms with E-state index in [0.717, 1.165) is 11.4 Å². The van der Waals surface area contributed by atoms with Gasteiger partial charge in [0.1, 0.15) is 0 Å². The molecule has 0 aliphatic rings. The Kier molecular flexibility index (Phi) is 5.53. The molecule has 0 aromatic heterocycles. The van der Waals surface area contributed by atoms with Crippen molar-refractivity contribution in [1.82, 2.24) is 0 Å². The van der Waals surface area contributed by atoms with Crippen LogP contribution in [0.3, 0.4) is 0 Å². The van der Waals surface area contributed by atoms with Crippen LogP contribution in [0.2, 0.25) is 0 Å². The van der Waals surface area contributed by atoms with Crippen molar-refractivity contribution in [3.8, 4) is 11.1 Å². The average molecular weight is 522 g/mol. The van der Waals surface area contributed by atoms with E-state index in [0.29, 0.717) is 0 Å². The van der Waals surface area contributed by atoms with Gasteiger partial charge in [-0.25, -0.2) is 0 Å². The molecule has 1 nitrogen and oxygen atoms in total. The molecular weight excluding hydrogens is 494 g/mol. The molecule has 0 fully saturated rings. The highest BCUT2D eigenvalue weighted by Gasteiger charge is 2.17. The van der Waals surface area contributed by atoms with Crippen molar-refractivity contribution in [3.63, 3.8) is 0 Å². The molecular formula is C40H27N. The molecule has 0 unspecified atom stereocenters. The molecule has 0 saturated heterocycles. The molecule has 1 heteroatoms. The lowest BCUT2D eigenvalue weighted by Crippen LogP contribution is -2.10. The second-order valence-electron chi connectivity index (χ2n) is 10.6. The molecule has 0 heterocycles. The smallest absolute Gasteiger partial charge is 0.0540 e. The van der Waals surface area contributed by atoms with Crippen LogP contribution in [0.4, 0.5) is 17.1 Å². The molecule has 8 aromatic carbocycles. The van der Waals surface area contributed by atoms with Gasteiger partial charge in [0.05, 0.1) is 5.69 Å². The molecule has 0 N–H and O–H groups in total. The maximum atomic E-state index is 2.39. The summed E-state index contributed by atoms with van der Waals surface area (Å²) in [5.74, 6) is 0. The van der Waals surface area contributed by atoms with E-state index >= 15 is 0 Å². The van der Waals surface area contributed by atoms with Gasteiger partial charge in [-0.1, -0.05) is 133 Å². The van der Waals surface area contributed by atoms with Crippen molar-refractivity contribution < 1.29 is 0 Å². The zero-order chi connectivity index (χ0) is 27.2. The quantitative estimate of drug-likeness (QED) is 0.208. The second-order valence-corrected chi connectivity index (χ2v) is 10.6. The topological polar surface area (TPSA) is 3.24 Å². The fourth-order valence-electron chi connectivity index (χ4n) is 6.33. The molecule has 8 rings (SSSR count). The largest absolute Gasteiger partial charge is 0.310 e. The van der Waals surface area contributed by atoms with Crippen LogP contribution in [0, 0.1) is 0 Å². The molecule has 0 bridgehead atoms. The summed E-state index contributed by atoms with van der Waals surface area (Å²) in [5.41, 5.74) is 5.88. The van der Waals surface area contributed by atoms with Crippen LogP contribution in [0.25, 0.3) is 54.2 Å². The van der Waals surface area contributed by atoms with Gasteiger partial charge in [-0.3, -0.25) is 0 Å². The summed E-state index contributed by atoms with van der Waals surface area (Å²) < 4.78 is 0. The maximum absolute atomic E-state index is 2.39. The third-order valence-electron chi connectivity index (χ3n) is 8.22. The molecule has 0 aliphatic carbocycles. The molecule has 0 saturated carbocycles. The van der Waals surface area contributed by atoms with Gasteiger partial charge < -0.3 is 4.90 Å². The predicted octanol–water partition coefficient (Wildman–Crippen LogP) is 11.4. The SMILES string of the molecule is c1ccc(N(c2cccc(-c3cccc4ccccc34)c2)c2cccc3c2ccc2c4ccccc4ccc32)cc1. The summed E-state index contributed by atoms with van der Waals surface area (Å²) in [5, 5.41) is 10.1. The van der Waals surface area contributed by atoms with E-state index in [1.165, 1.54) is 59.9 Å². The van der Waals surface area contributed by atoms with Crippen LogP contribution < -0.4 is 4.90 Å². The monoisotopic (exact) mass is 521 g/mol.